The van der Waals surface area contributed by atoms with Crippen LogP contribution in [0.2, 0.25) is 0 Å². The first kappa shape index (κ1) is 24.4. The number of methoxy groups -OCH3 is 1. The first-order valence-electron chi connectivity index (χ1n) is 12.1. The van der Waals surface area contributed by atoms with Gasteiger partial charge in [-0.3, -0.25) is 14.6 Å². The van der Waals surface area contributed by atoms with Gasteiger partial charge in [0.25, 0.3) is 5.56 Å². The lowest BCUT2D eigenvalue weighted by molar-refractivity contribution is -0.146. The van der Waals surface area contributed by atoms with E-state index in [1.165, 1.54) is 29.1 Å². The molecule has 4 heterocycles. The van der Waals surface area contributed by atoms with Crippen LogP contribution < -0.4 is 16.2 Å². The van der Waals surface area contributed by atoms with E-state index in [9.17, 15) is 9.59 Å². The Balaban J connectivity index is 1.61. The van der Waals surface area contributed by atoms with E-state index in [4.69, 9.17) is 9.72 Å². The number of aromatic nitrogens is 5. The summed E-state index contributed by atoms with van der Waals surface area (Å²) in [5.41, 5.74) is 3.79. The Bertz CT molecular complexity index is 1570. The number of ether oxygens (including phenoxy) is 1. The van der Waals surface area contributed by atoms with Crippen LogP contribution >= 0.6 is 0 Å². The third kappa shape index (κ3) is 4.40. The Morgan fingerprint density at radius 3 is 2.86 bits per heavy atom. The van der Waals surface area contributed by atoms with Crippen LogP contribution in [0.5, 0.6) is 0 Å². The Kier molecular flexibility index (Phi) is 6.34. The average Bonchev–Trinajstić information content (AvgIpc) is 3.19. The van der Waals surface area contributed by atoms with Gasteiger partial charge in [-0.05, 0) is 62.2 Å². The minimum absolute atomic E-state index is 0.242. The highest BCUT2D eigenvalue weighted by molar-refractivity contribution is 5.82. The molecule has 3 aromatic heterocycles. The van der Waals surface area contributed by atoms with Gasteiger partial charge in [-0.15, -0.1) is 6.58 Å². The number of carbonyl (C=O) groups excluding carboxylic acids is 1. The first-order valence-corrected chi connectivity index (χ1v) is 12.1. The van der Waals surface area contributed by atoms with Gasteiger partial charge in [0, 0.05) is 24.6 Å². The number of rotatable bonds is 7. The van der Waals surface area contributed by atoms with E-state index in [-0.39, 0.29) is 12.1 Å². The summed E-state index contributed by atoms with van der Waals surface area (Å²) >= 11 is 0. The van der Waals surface area contributed by atoms with Crippen LogP contribution in [0.1, 0.15) is 30.7 Å². The molecule has 190 valence electrons. The maximum absolute atomic E-state index is 13.3. The summed E-state index contributed by atoms with van der Waals surface area (Å²) in [6.45, 7) is 9.36. The third-order valence-electron chi connectivity index (χ3n) is 6.65. The van der Waals surface area contributed by atoms with Crippen LogP contribution in [0, 0.1) is 0 Å². The van der Waals surface area contributed by atoms with Crippen LogP contribution in [-0.4, -0.2) is 43.9 Å². The van der Waals surface area contributed by atoms with E-state index in [0.717, 1.165) is 25.2 Å². The van der Waals surface area contributed by atoms with Gasteiger partial charge in [0.1, 0.15) is 10.8 Å². The molecule has 1 aliphatic rings. The quantitative estimate of drug-likeness (QED) is 0.295. The van der Waals surface area contributed by atoms with Crippen LogP contribution in [0.4, 0.5) is 11.6 Å². The number of hydrogen-bond donors (Lipinski definition) is 2. The lowest BCUT2D eigenvalue weighted by atomic mass is 9.89. The van der Waals surface area contributed by atoms with E-state index < -0.39 is 11.4 Å². The maximum Gasteiger partial charge on any atom is 0.317 e. The number of pyridine rings is 1. The van der Waals surface area contributed by atoms with Crippen molar-refractivity contribution in [3.05, 3.63) is 82.6 Å². The number of nitrogens with one attached hydrogen (secondary N) is 2. The monoisotopic (exact) mass is 499 g/mol. The molecule has 5 rings (SSSR count). The van der Waals surface area contributed by atoms with Crippen molar-refractivity contribution in [2.45, 2.75) is 38.8 Å². The second-order valence-corrected chi connectivity index (χ2v) is 9.47. The van der Waals surface area contributed by atoms with E-state index in [2.05, 4.69) is 39.3 Å². The summed E-state index contributed by atoms with van der Waals surface area (Å²) in [6, 6.07) is 9.74. The SMILES string of the molecule is C=CCn1c(=O)c2cnc(Nc3ccc4c(c3)CCNC4)nc2n1-c1ccnc(C(C)(C)C(=O)OC)c1. The molecule has 0 spiro atoms. The molecule has 37 heavy (non-hydrogen) atoms. The number of nitrogens with zero attached hydrogens (tertiary/aromatic N) is 5. The molecule has 0 aliphatic carbocycles. The van der Waals surface area contributed by atoms with Crippen molar-refractivity contribution in [1.82, 2.24) is 29.6 Å². The molecule has 2 N–H and O–H groups in total. The normalized spacial score (nSPS) is 13.3. The molecule has 1 aromatic carbocycles. The van der Waals surface area contributed by atoms with Crippen molar-refractivity contribution in [2.75, 3.05) is 19.0 Å². The molecule has 10 heteroatoms. The van der Waals surface area contributed by atoms with Gasteiger partial charge >= 0.3 is 5.97 Å². The zero-order valence-electron chi connectivity index (χ0n) is 21.1. The Hall–Kier alpha value is -4.31. The Morgan fingerprint density at radius 2 is 2.08 bits per heavy atom. The summed E-state index contributed by atoms with van der Waals surface area (Å²) in [4.78, 5) is 39.2. The number of fused-ring (bicyclic) bond motifs is 2. The molecule has 0 saturated heterocycles. The molecular weight excluding hydrogens is 470 g/mol. The Labute approximate surface area is 214 Å². The molecular formula is C27H29N7O3. The highest BCUT2D eigenvalue weighted by atomic mass is 16.5. The predicted molar refractivity (Wildman–Crippen MR) is 141 cm³/mol. The molecule has 0 unspecified atom stereocenters. The number of anilines is 2. The zero-order chi connectivity index (χ0) is 26.2. The lowest BCUT2D eigenvalue weighted by Gasteiger charge is -2.22. The fourth-order valence-electron chi connectivity index (χ4n) is 4.57. The second kappa shape index (κ2) is 9.62. The van der Waals surface area contributed by atoms with Crippen LogP contribution in [0.25, 0.3) is 16.7 Å². The van der Waals surface area contributed by atoms with E-state index in [0.29, 0.717) is 28.4 Å². The molecule has 0 fully saturated rings. The molecule has 4 aromatic rings. The second-order valence-electron chi connectivity index (χ2n) is 9.47. The Morgan fingerprint density at radius 1 is 1.24 bits per heavy atom. The van der Waals surface area contributed by atoms with E-state index >= 15 is 0 Å². The van der Waals surface area contributed by atoms with Crippen molar-refractivity contribution in [2.24, 2.45) is 0 Å². The van der Waals surface area contributed by atoms with E-state index in [1.54, 1.807) is 42.9 Å². The predicted octanol–water partition coefficient (Wildman–Crippen LogP) is 3.00. The molecule has 1 aliphatic heterocycles. The van der Waals surface area contributed by atoms with Gasteiger partial charge in [-0.2, -0.15) is 4.98 Å². The third-order valence-corrected chi connectivity index (χ3v) is 6.65. The van der Waals surface area contributed by atoms with Crippen LogP contribution in [-0.2, 0) is 34.5 Å². The molecule has 0 atom stereocenters. The number of benzene rings is 1. The van der Waals surface area contributed by atoms with E-state index in [1.807, 2.05) is 6.07 Å². The van der Waals surface area contributed by atoms with Gasteiger partial charge in [0.15, 0.2) is 5.65 Å². The largest absolute Gasteiger partial charge is 0.468 e. The highest BCUT2D eigenvalue weighted by Gasteiger charge is 2.33. The van der Waals surface area contributed by atoms with Crippen LogP contribution in [0.15, 0.2) is 60.2 Å². The van der Waals surface area contributed by atoms with Gasteiger partial charge in [-0.25, -0.2) is 14.3 Å². The fraction of sp³-hybridized carbons (Fsp3) is 0.296. The molecule has 0 bridgehead atoms. The zero-order valence-corrected chi connectivity index (χ0v) is 21.1. The minimum Gasteiger partial charge on any atom is -0.468 e. The highest BCUT2D eigenvalue weighted by Crippen LogP contribution is 2.26. The number of esters is 1. The molecule has 0 amide bonds. The molecule has 10 nitrogen and oxygen atoms in total. The molecule has 0 saturated carbocycles. The number of allylic oxidation sites excluding steroid dienone is 1. The average molecular weight is 500 g/mol. The topological polar surface area (TPSA) is 116 Å². The van der Waals surface area contributed by atoms with Crippen molar-refractivity contribution < 1.29 is 9.53 Å². The van der Waals surface area contributed by atoms with Crippen molar-refractivity contribution in [3.63, 3.8) is 0 Å². The standard InChI is InChI=1S/C27H29N7O3/c1-5-12-33-24(35)21-16-30-26(31-19-7-6-18-15-28-10-8-17(18)13-19)32-23(21)34(33)20-9-11-29-22(14-20)27(2,3)25(36)37-4/h5-7,9,11,13-14,16,28H,1,8,10,12,15H2,2-4H3,(H,30,31,32). The van der Waals surface area contributed by atoms with Crippen molar-refractivity contribution >= 4 is 28.6 Å². The van der Waals surface area contributed by atoms with Gasteiger partial charge in [-0.1, -0.05) is 12.1 Å². The summed E-state index contributed by atoms with van der Waals surface area (Å²) in [7, 11) is 1.35. The summed E-state index contributed by atoms with van der Waals surface area (Å²) in [5, 5.41) is 7.03. The maximum atomic E-state index is 13.3. The fourth-order valence-corrected chi connectivity index (χ4v) is 4.57. The number of hydrogen-bond acceptors (Lipinski definition) is 8. The minimum atomic E-state index is -0.985. The lowest BCUT2D eigenvalue weighted by Crippen LogP contribution is -2.31. The molecule has 0 radical (unpaired) electrons. The summed E-state index contributed by atoms with van der Waals surface area (Å²) < 4.78 is 8.22. The van der Waals surface area contributed by atoms with Gasteiger partial charge in [0.2, 0.25) is 5.95 Å². The summed E-state index contributed by atoms with van der Waals surface area (Å²) in [6.07, 6.45) is 5.74. The smallest absolute Gasteiger partial charge is 0.317 e. The van der Waals surface area contributed by atoms with Crippen molar-refractivity contribution in [1.29, 1.82) is 0 Å². The van der Waals surface area contributed by atoms with Crippen molar-refractivity contribution in [3.8, 4) is 5.69 Å². The summed E-state index contributed by atoms with van der Waals surface area (Å²) in [5.74, 6) is -0.0392. The van der Waals surface area contributed by atoms with Gasteiger partial charge in [0.05, 0.1) is 25.0 Å². The number of carbonyl (C=O) groups is 1. The van der Waals surface area contributed by atoms with Crippen LogP contribution in [0.3, 0.4) is 0 Å². The van der Waals surface area contributed by atoms with Gasteiger partial charge < -0.3 is 15.4 Å². The first-order chi connectivity index (χ1) is 17.8.